The summed E-state index contributed by atoms with van der Waals surface area (Å²) < 4.78 is 5.04. The van der Waals surface area contributed by atoms with Crippen molar-refractivity contribution >= 4 is 11.9 Å². The molecule has 1 aliphatic rings. The third-order valence-electron chi connectivity index (χ3n) is 3.10. The predicted molar refractivity (Wildman–Crippen MR) is 68.0 cm³/mol. The van der Waals surface area contributed by atoms with Crippen LogP contribution in [0, 0.1) is 0 Å². The van der Waals surface area contributed by atoms with Crippen molar-refractivity contribution in [3.63, 3.8) is 0 Å². The number of methoxy groups -OCH3 is 1. The van der Waals surface area contributed by atoms with Crippen LogP contribution in [0.15, 0.2) is 24.3 Å². The highest BCUT2D eigenvalue weighted by Crippen LogP contribution is 2.24. The number of carboxylic acids is 1. The van der Waals surface area contributed by atoms with Crippen molar-refractivity contribution in [2.75, 3.05) is 26.7 Å². The van der Waals surface area contributed by atoms with Crippen LogP contribution in [-0.4, -0.2) is 48.6 Å². The quantitative estimate of drug-likeness (QED) is 0.815. The second-order valence-corrected chi connectivity index (χ2v) is 4.28. The van der Waals surface area contributed by atoms with Gasteiger partial charge in [0.25, 0.3) is 0 Å². The first-order valence-electron chi connectivity index (χ1n) is 6.00. The highest BCUT2D eigenvalue weighted by molar-refractivity contribution is 5.86. The molecule has 1 aromatic carbocycles. The largest absolute Gasteiger partial charge is 0.497 e. The summed E-state index contributed by atoms with van der Waals surface area (Å²) >= 11 is 0. The lowest BCUT2D eigenvalue weighted by molar-refractivity contribution is -0.151. The molecule has 19 heavy (non-hydrogen) atoms. The number of aliphatic carboxylic acids is 1. The van der Waals surface area contributed by atoms with E-state index in [9.17, 15) is 14.7 Å². The number of hydrogen-bond acceptors (Lipinski definition) is 4. The number of piperazine rings is 1. The fourth-order valence-corrected chi connectivity index (χ4v) is 2.14. The van der Waals surface area contributed by atoms with Crippen molar-refractivity contribution in [1.82, 2.24) is 10.2 Å². The summed E-state index contributed by atoms with van der Waals surface area (Å²) in [6.07, 6.45) is 0. The monoisotopic (exact) mass is 264 g/mol. The summed E-state index contributed by atoms with van der Waals surface area (Å²) in [5.41, 5.74) is 0.573. The molecule has 1 aromatic rings. The van der Waals surface area contributed by atoms with E-state index >= 15 is 0 Å². The highest BCUT2D eigenvalue weighted by atomic mass is 16.5. The molecule has 0 spiro atoms. The first-order chi connectivity index (χ1) is 9.13. The first-order valence-corrected chi connectivity index (χ1v) is 6.00. The van der Waals surface area contributed by atoms with Gasteiger partial charge in [-0.05, 0) is 17.7 Å². The lowest BCUT2D eigenvalue weighted by Crippen LogP contribution is -2.51. The maximum absolute atomic E-state index is 11.8. The van der Waals surface area contributed by atoms with Gasteiger partial charge in [0.1, 0.15) is 5.75 Å². The number of carboxylic acid groups (broad SMARTS) is 1. The fraction of sp³-hybridized carbons (Fsp3) is 0.385. The third-order valence-corrected chi connectivity index (χ3v) is 3.10. The Bertz CT molecular complexity index is 472. The van der Waals surface area contributed by atoms with Gasteiger partial charge in [0, 0.05) is 13.1 Å². The zero-order chi connectivity index (χ0) is 13.8. The van der Waals surface area contributed by atoms with Crippen LogP contribution in [0.3, 0.4) is 0 Å². The van der Waals surface area contributed by atoms with Crippen molar-refractivity contribution in [1.29, 1.82) is 0 Å². The molecule has 2 N–H and O–H groups in total. The van der Waals surface area contributed by atoms with Crippen LogP contribution in [0.1, 0.15) is 11.6 Å². The molecule has 2 rings (SSSR count). The number of nitrogens with zero attached hydrogens (tertiary/aromatic N) is 1. The summed E-state index contributed by atoms with van der Waals surface area (Å²) in [5, 5.41) is 12.3. The minimum absolute atomic E-state index is 0.180. The molecular weight excluding hydrogens is 248 g/mol. The molecule has 1 aliphatic heterocycles. The van der Waals surface area contributed by atoms with Gasteiger partial charge in [0.15, 0.2) is 6.04 Å². The van der Waals surface area contributed by atoms with E-state index in [-0.39, 0.29) is 12.5 Å². The highest BCUT2D eigenvalue weighted by Gasteiger charge is 2.32. The van der Waals surface area contributed by atoms with Crippen LogP contribution >= 0.6 is 0 Å². The summed E-state index contributed by atoms with van der Waals surface area (Å²) in [6.45, 7) is 1.17. The molecule has 102 valence electrons. The Kier molecular flexibility index (Phi) is 4.01. The van der Waals surface area contributed by atoms with Crippen LogP contribution < -0.4 is 10.1 Å². The lowest BCUT2D eigenvalue weighted by atomic mass is 10.0. The van der Waals surface area contributed by atoms with Gasteiger partial charge in [-0.15, -0.1) is 0 Å². The second-order valence-electron chi connectivity index (χ2n) is 4.28. The smallest absolute Gasteiger partial charge is 0.331 e. The number of carbonyl (C=O) groups is 2. The minimum atomic E-state index is -1.03. The number of rotatable bonds is 4. The molecule has 0 bridgehead atoms. The Balaban J connectivity index is 2.28. The van der Waals surface area contributed by atoms with Crippen molar-refractivity contribution in [3.8, 4) is 5.75 Å². The third kappa shape index (κ3) is 2.85. The van der Waals surface area contributed by atoms with Gasteiger partial charge < -0.3 is 20.1 Å². The average molecular weight is 264 g/mol. The van der Waals surface area contributed by atoms with E-state index < -0.39 is 12.0 Å². The standard InChI is InChI=1S/C13H16N2O4/c1-19-10-4-2-9(3-5-10)12(13(17)18)15-7-6-14-8-11(15)16/h2-5,12,14H,6-8H2,1H3,(H,17,18). The molecular formula is C13H16N2O4. The van der Waals surface area contributed by atoms with E-state index in [4.69, 9.17) is 4.74 Å². The Morgan fingerprint density at radius 2 is 2.11 bits per heavy atom. The van der Waals surface area contributed by atoms with E-state index in [1.807, 2.05) is 0 Å². The molecule has 1 atom stereocenters. The van der Waals surface area contributed by atoms with Crippen LogP contribution in [0.2, 0.25) is 0 Å². The Labute approximate surface area is 111 Å². The van der Waals surface area contributed by atoms with Gasteiger partial charge in [0.2, 0.25) is 5.91 Å². The molecule has 0 radical (unpaired) electrons. The van der Waals surface area contributed by atoms with Crippen molar-refractivity contribution in [2.45, 2.75) is 6.04 Å². The molecule has 1 heterocycles. The number of amides is 1. The number of benzene rings is 1. The Hall–Kier alpha value is -2.08. The van der Waals surface area contributed by atoms with Gasteiger partial charge >= 0.3 is 5.97 Å². The summed E-state index contributed by atoms with van der Waals surface area (Å²) in [5.74, 6) is -0.575. The van der Waals surface area contributed by atoms with Gasteiger partial charge in [0.05, 0.1) is 13.7 Å². The molecule has 1 fully saturated rings. The van der Waals surface area contributed by atoms with Gasteiger partial charge in [-0.25, -0.2) is 4.79 Å². The Morgan fingerprint density at radius 1 is 1.42 bits per heavy atom. The zero-order valence-corrected chi connectivity index (χ0v) is 10.6. The molecule has 1 unspecified atom stereocenters. The van der Waals surface area contributed by atoms with Crippen LogP contribution in [0.5, 0.6) is 5.75 Å². The van der Waals surface area contributed by atoms with Crippen molar-refractivity contribution in [3.05, 3.63) is 29.8 Å². The van der Waals surface area contributed by atoms with Crippen molar-refractivity contribution in [2.24, 2.45) is 0 Å². The van der Waals surface area contributed by atoms with Crippen LogP contribution in [0.4, 0.5) is 0 Å². The molecule has 6 heteroatoms. The molecule has 0 aromatic heterocycles. The van der Waals surface area contributed by atoms with E-state index in [0.29, 0.717) is 24.4 Å². The number of hydrogen-bond donors (Lipinski definition) is 2. The lowest BCUT2D eigenvalue weighted by Gasteiger charge is -2.32. The van der Waals surface area contributed by atoms with E-state index in [1.54, 1.807) is 31.4 Å². The normalized spacial score (nSPS) is 17.1. The SMILES string of the molecule is COc1ccc(C(C(=O)O)N2CCNCC2=O)cc1. The zero-order valence-electron chi connectivity index (χ0n) is 10.6. The molecule has 6 nitrogen and oxygen atoms in total. The van der Waals surface area contributed by atoms with Crippen LogP contribution in [0.25, 0.3) is 0 Å². The van der Waals surface area contributed by atoms with Crippen molar-refractivity contribution < 1.29 is 19.4 Å². The fourth-order valence-electron chi connectivity index (χ4n) is 2.14. The number of nitrogens with one attached hydrogen (secondary N) is 1. The maximum Gasteiger partial charge on any atom is 0.331 e. The summed E-state index contributed by atoms with van der Waals surface area (Å²) in [7, 11) is 1.55. The van der Waals surface area contributed by atoms with E-state index in [2.05, 4.69) is 5.32 Å². The number of carbonyl (C=O) groups excluding carboxylic acids is 1. The average Bonchev–Trinajstić information content (AvgIpc) is 2.42. The maximum atomic E-state index is 11.8. The van der Waals surface area contributed by atoms with E-state index in [1.165, 1.54) is 4.90 Å². The number of ether oxygens (including phenoxy) is 1. The van der Waals surface area contributed by atoms with E-state index in [0.717, 1.165) is 0 Å². The topological polar surface area (TPSA) is 78.9 Å². The first kappa shape index (κ1) is 13.4. The molecule has 0 saturated carbocycles. The van der Waals surface area contributed by atoms with Gasteiger partial charge in [-0.1, -0.05) is 12.1 Å². The second kappa shape index (κ2) is 5.71. The van der Waals surface area contributed by atoms with Gasteiger partial charge in [-0.2, -0.15) is 0 Å². The van der Waals surface area contributed by atoms with Crippen LogP contribution in [-0.2, 0) is 9.59 Å². The molecule has 1 saturated heterocycles. The molecule has 1 amide bonds. The Morgan fingerprint density at radius 3 is 2.63 bits per heavy atom. The predicted octanol–water partition coefficient (Wildman–Crippen LogP) is 0.253. The summed E-state index contributed by atoms with van der Waals surface area (Å²) in [6, 6.07) is 5.79. The molecule has 0 aliphatic carbocycles. The summed E-state index contributed by atoms with van der Waals surface area (Å²) in [4.78, 5) is 24.7. The van der Waals surface area contributed by atoms with Gasteiger partial charge in [-0.3, -0.25) is 4.79 Å². The minimum Gasteiger partial charge on any atom is -0.497 e.